The lowest BCUT2D eigenvalue weighted by Gasteiger charge is -2.43. The number of likely N-dealkylation sites (tertiary alicyclic amines) is 1. The van der Waals surface area contributed by atoms with Gasteiger partial charge in [0.15, 0.2) is 0 Å². The minimum atomic E-state index is 0.0423. The van der Waals surface area contributed by atoms with Gasteiger partial charge >= 0.3 is 0 Å². The van der Waals surface area contributed by atoms with Gasteiger partial charge in [-0.25, -0.2) is 0 Å². The van der Waals surface area contributed by atoms with Crippen LogP contribution >= 0.6 is 0 Å². The van der Waals surface area contributed by atoms with Gasteiger partial charge in [-0.15, -0.1) is 0 Å². The van der Waals surface area contributed by atoms with Gasteiger partial charge < -0.3 is 15.5 Å². The summed E-state index contributed by atoms with van der Waals surface area (Å²) in [5.41, 5.74) is 3.47. The molecule has 0 aromatic heterocycles. The number of carbonyl (C=O) groups excluding carboxylic acids is 1. The Bertz CT molecular complexity index is 723. The van der Waals surface area contributed by atoms with E-state index in [1.165, 1.54) is 18.4 Å². The van der Waals surface area contributed by atoms with Gasteiger partial charge in [0.05, 0.1) is 0 Å². The van der Waals surface area contributed by atoms with Gasteiger partial charge in [0.25, 0.3) is 5.91 Å². The van der Waals surface area contributed by atoms with Gasteiger partial charge in [-0.1, -0.05) is 44.2 Å². The maximum Gasteiger partial charge on any atom is 0.251 e. The lowest BCUT2D eigenvalue weighted by atomic mass is 9.74. The van der Waals surface area contributed by atoms with Gasteiger partial charge in [0.2, 0.25) is 0 Å². The molecular formula is C24H35N3O. The van der Waals surface area contributed by atoms with Crippen LogP contribution in [0.1, 0.15) is 63.5 Å². The number of nitrogens with one attached hydrogen (secondary N) is 2. The highest BCUT2D eigenvalue weighted by molar-refractivity contribution is 6.21. The van der Waals surface area contributed by atoms with Crippen LogP contribution in [0.5, 0.6) is 0 Å². The van der Waals surface area contributed by atoms with Gasteiger partial charge in [0.1, 0.15) is 0 Å². The van der Waals surface area contributed by atoms with Crippen molar-refractivity contribution in [2.75, 3.05) is 26.2 Å². The fourth-order valence-electron chi connectivity index (χ4n) is 5.40. The number of rotatable bonds is 5. The van der Waals surface area contributed by atoms with Crippen molar-refractivity contribution in [3.63, 3.8) is 0 Å². The third-order valence-electron chi connectivity index (χ3n) is 7.26. The van der Waals surface area contributed by atoms with Crippen LogP contribution in [0.15, 0.2) is 30.3 Å². The summed E-state index contributed by atoms with van der Waals surface area (Å²) in [6, 6.07) is 9.59. The molecule has 1 spiro atoms. The Kier molecular flexibility index (Phi) is 5.88. The van der Waals surface area contributed by atoms with Crippen LogP contribution in [0, 0.1) is 0 Å². The van der Waals surface area contributed by atoms with Crippen LogP contribution in [0.25, 0.3) is 5.57 Å². The maximum atomic E-state index is 13.1. The third kappa shape index (κ3) is 3.65. The zero-order chi connectivity index (χ0) is 19.6. The van der Waals surface area contributed by atoms with Crippen LogP contribution < -0.4 is 10.6 Å². The highest BCUT2D eigenvalue weighted by Crippen LogP contribution is 2.47. The van der Waals surface area contributed by atoms with Crippen molar-refractivity contribution < 1.29 is 4.79 Å². The highest BCUT2D eigenvalue weighted by atomic mass is 16.1. The van der Waals surface area contributed by atoms with Crippen LogP contribution in [-0.4, -0.2) is 49.1 Å². The Hall–Kier alpha value is -1.65. The van der Waals surface area contributed by atoms with Crippen molar-refractivity contribution >= 4 is 11.5 Å². The number of hydrogen-bond acceptors (Lipinski definition) is 3. The molecular weight excluding hydrogens is 346 g/mol. The molecule has 152 valence electrons. The molecule has 0 saturated carbocycles. The second kappa shape index (κ2) is 8.38. The molecule has 2 aliphatic heterocycles. The minimum absolute atomic E-state index is 0.0423. The van der Waals surface area contributed by atoms with Crippen molar-refractivity contribution in [2.24, 2.45) is 0 Å². The number of allylic oxidation sites excluding steroid dienone is 1. The average molecular weight is 382 g/mol. The van der Waals surface area contributed by atoms with E-state index < -0.39 is 0 Å². The van der Waals surface area contributed by atoms with E-state index in [4.69, 9.17) is 0 Å². The average Bonchev–Trinajstić information content (AvgIpc) is 3.07. The number of nitrogens with zero attached hydrogens (tertiary/aromatic N) is 1. The molecule has 1 amide bonds. The second-order valence-electron chi connectivity index (χ2n) is 8.76. The minimum Gasteiger partial charge on any atom is -0.349 e. The highest BCUT2D eigenvalue weighted by Gasteiger charge is 2.43. The SMILES string of the molecule is CCC(CC)NC(=O)C1=CC2(CCN(C3CCNCC3)CC2)c2ccccc21. The van der Waals surface area contributed by atoms with Crippen LogP contribution in [0.3, 0.4) is 0 Å². The summed E-state index contributed by atoms with van der Waals surface area (Å²) in [5, 5.41) is 6.74. The standard InChI is InChI=1S/C24H35N3O/c1-3-18(4-2)26-23(28)21-17-24(22-8-6-5-7-20(21)22)11-15-27(16-12-24)19-9-13-25-14-10-19/h5-8,17-19,25H,3-4,9-16H2,1-2H3,(H,26,28). The number of carbonyl (C=O) groups is 1. The molecule has 1 aromatic rings. The van der Waals surface area contributed by atoms with Crippen LogP contribution in [-0.2, 0) is 10.2 Å². The molecule has 1 aromatic carbocycles. The van der Waals surface area contributed by atoms with E-state index >= 15 is 0 Å². The van der Waals surface area contributed by atoms with Gasteiger partial charge in [-0.05, 0) is 75.8 Å². The molecule has 2 N–H and O–H groups in total. The molecule has 0 atom stereocenters. The number of hydrogen-bond donors (Lipinski definition) is 2. The first-order valence-electron chi connectivity index (χ1n) is 11.2. The largest absolute Gasteiger partial charge is 0.349 e. The summed E-state index contributed by atoms with van der Waals surface area (Å²) in [4.78, 5) is 15.8. The van der Waals surface area contributed by atoms with E-state index in [1.807, 2.05) is 0 Å². The van der Waals surface area contributed by atoms with Crippen molar-refractivity contribution in [1.29, 1.82) is 0 Å². The molecule has 4 nitrogen and oxygen atoms in total. The summed E-state index contributed by atoms with van der Waals surface area (Å²) in [6.45, 7) is 8.85. The van der Waals surface area contributed by atoms with Crippen LogP contribution in [0.4, 0.5) is 0 Å². The molecule has 4 rings (SSSR count). The molecule has 0 bridgehead atoms. The zero-order valence-corrected chi connectivity index (χ0v) is 17.5. The Balaban J connectivity index is 1.54. The lowest BCUT2D eigenvalue weighted by molar-refractivity contribution is -0.116. The quantitative estimate of drug-likeness (QED) is 0.821. The predicted octanol–water partition coefficient (Wildman–Crippen LogP) is 3.47. The molecule has 2 saturated heterocycles. The summed E-state index contributed by atoms with van der Waals surface area (Å²) in [6.07, 6.45) is 9.05. The van der Waals surface area contributed by atoms with Gasteiger partial charge in [-0.3, -0.25) is 4.79 Å². The first-order valence-corrected chi connectivity index (χ1v) is 11.2. The number of piperidine rings is 2. The summed E-state index contributed by atoms with van der Waals surface area (Å²) >= 11 is 0. The first kappa shape index (κ1) is 19.7. The summed E-state index contributed by atoms with van der Waals surface area (Å²) in [7, 11) is 0. The molecule has 2 heterocycles. The Morgan fingerprint density at radius 3 is 2.54 bits per heavy atom. The van der Waals surface area contributed by atoms with Crippen molar-refractivity contribution in [1.82, 2.24) is 15.5 Å². The molecule has 0 unspecified atom stereocenters. The summed E-state index contributed by atoms with van der Waals surface area (Å²) in [5.74, 6) is 0.110. The van der Waals surface area contributed by atoms with E-state index in [0.29, 0.717) is 0 Å². The lowest BCUT2D eigenvalue weighted by Crippen LogP contribution is -2.49. The Morgan fingerprint density at radius 1 is 1.18 bits per heavy atom. The molecule has 1 aliphatic carbocycles. The van der Waals surface area contributed by atoms with Crippen molar-refractivity contribution in [3.8, 4) is 0 Å². The molecule has 0 radical (unpaired) electrons. The first-order chi connectivity index (χ1) is 13.7. The predicted molar refractivity (Wildman–Crippen MR) is 115 cm³/mol. The van der Waals surface area contributed by atoms with E-state index in [9.17, 15) is 4.79 Å². The van der Waals surface area contributed by atoms with E-state index in [2.05, 4.69) is 59.7 Å². The van der Waals surface area contributed by atoms with Gasteiger partial charge in [0, 0.05) is 23.1 Å². The van der Waals surface area contributed by atoms with E-state index in [-0.39, 0.29) is 17.4 Å². The van der Waals surface area contributed by atoms with Gasteiger partial charge in [-0.2, -0.15) is 0 Å². The van der Waals surface area contributed by atoms with Crippen molar-refractivity contribution in [3.05, 3.63) is 41.5 Å². The number of benzene rings is 1. The number of amides is 1. The smallest absolute Gasteiger partial charge is 0.251 e. The van der Waals surface area contributed by atoms with E-state index in [0.717, 1.165) is 69.0 Å². The normalized spacial score (nSPS) is 22.3. The molecule has 4 heteroatoms. The zero-order valence-electron chi connectivity index (χ0n) is 17.5. The summed E-state index contributed by atoms with van der Waals surface area (Å²) < 4.78 is 0. The molecule has 28 heavy (non-hydrogen) atoms. The molecule has 3 aliphatic rings. The monoisotopic (exact) mass is 381 g/mol. The fourth-order valence-corrected chi connectivity index (χ4v) is 5.40. The Morgan fingerprint density at radius 2 is 1.86 bits per heavy atom. The van der Waals surface area contributed by atoms with E-state index in [1.54, 1.807) is 0 Å². The maximum absolute atomic E-state index is 13.1. The van der Waals surface area contributed by atoms with Crippen molar-refractivity contribution in [2.45, 2.75) is 69.9 Å². The second-order valence-corrected chi connectivity index (χ2v) is 8.76. The third-order valence-corrected chi connectivity index (χ3v) is 7.26. The molecule has 2 fully saturated rings. The topological polar surface area (TPSA) is 44.4 Å². The Labute approximate surface area is 169 Å². The van der Waals surface area contributed by atoms with Crippen LogP contribution in [0.2, 0.25) is 0 Å². The number of fused-ring (bicyclic) bond motifs is 2. The fraction of sp³-hybridized carbons (Fsp3) is 0.625.